The van der Waals surface area contributed by atoms with Gasteiger partial charge in [0, 0.05) is 96.8 Å². The molecule has 0 saturated carbocycles. The molecular weight excluding hydrogens is 1930 g/mol. The molecule has 50 heteroatoms. The number of Topliss-reactive ketones (excluding diaryl/α,β-unsaturated/α-hetero) is 9. The number of aliphatic carboxylic acids is 3. The summed E-state index contributed by atoms with van der Waals surface area (Å²) in [5.41, 5.74) is 92.5. The van der Waals surface area contributed by atoms with Gasteiger partial charge in [0.2, 0.25) is 53.2 Å². The number of nitrogens with one attached hydrogen (secondary N) is 9. The van der Waals surface area contributed by atoms with Crippen molar-refractivity contribution in [3.63, 3.8) is 0 Å². The van der Waals surface area contributed by atoms with Gasteiger partial charge in [0.05, 0.1) is 105 Å². The highest BCUT2D eigenvalue weighted by molar-refractivity contribution is 6.07. The fourth-order valence-corrected chi connectivity index (χ4v) is 17.5. The first-order valence-electron chi connectivity index (χ1n) is 49.2. The number of aliphatic hydroxyl groups excluding tert-OH is 1. The number of ketones is 9. The number of unbranched alkanes of at least 4 members (excludes halogenated alkanes) is 2. The molecule has 4 rings (SSSR count). The molecule has 2 aromatic heterocycles. The van der Waals surface area contributed by atoms with E-state index in [1.807, 2.05) is 0 Å². The van der Waals surface area contributed by atoms with Gasteiger partial charge in [0.1, 0.15) is 36.3 Å². The van der Waals surface area contributed by atoms with Crippen LogP contribution in [0.15, 0.2) is 85.7 Å². The van der Waals surface area contributed by atoms with Crippen LogP contribution in [0.3, 0.4) is 0 Å². The molecule has 41 N–H and O–H groups in total. The molecule has 25 atom stereocenters. The van der Waals surface area contributed by atoms with Crippen molar-refractivity contribution in [2.24, 2.45) is 157 Å². The summed E-state index contributed by atoms with van der Waals surface area (Å²) in [6.07, 6.45) is -0.465. The number of primary amides is 2. The normalized spacial score (nSPS) is 16.7. The van der Waals surface area contributed by atoms with E-state index < -0.39 is 355 Å². The fourth-order valence-electron chi connectivity index (χ4n) is 17.5. The molecule has 9 amide bonds. The lowest BCUT2D eigenvalue weighted by Crippen LogP contribution is -2.60. The summed E-state index contributed by atoms with van der Waals surface area (Å²) in [7, 11) is 0. The number of hydrogen-bond acceptors (Lipinski definition) is 36. The minimum absolute atomic E-state index is 0.0707. The lowest BCUT2D eigenvalue weighted by molar-refractivity contribution is -0.143. The van der Waals surface area contributed by atoms with E-state index in [4.69, 9.17) is 80.3 Å². The van der Waals surface area contributed by atoms with Gasteiger partial charge in [-0.15, -0.1) is 0 Å². The lowest BCUT2D eigenvalue weighted by Gasteiger charge is -2.36. The van der Waals surface area contributed by atoms with Crippen molar-refractivity contribution in [1.29, 1.82) is 0 Å². The second kappa shape index (κ2) is 62.3. The summed E-state index contributed by atoms with van der Waals surface area (Å²) in [6, 6.07) is -13.2. The molecule has 0 bridgehead atoms. The number of carboxylic acid groups (broad SMARTS) is 3. The van der Waals surface area contributed by atoms with Crippen LogP contribution in [0.4, 0.5) is 0 Å². The van der Waals surface area contributed by atoms with Crippen molar-refractivity contribution in [3.8, 4) is 0 Å². The van der Waals surface area contributed by atoms with Gasteiger partial charge in [-0.3, -0.25) is 95.9 Å². The number of nitrogens with two attached hydrogens (primary N) is 14. The molecule has 0 fully saturated rings. The molecule has 4 aromatic rings. The minimum atomic E-state index is -2.14. The number of aromatic nitrogens is 4. The molecular formula is C98H153N25O25. The summed E-state index contributed by atoms with van der Waals surface area (Å²) in [6.45, 7) is 11.8. The van der Waals surface area contributed by atoms with Gasteiger partial charge in [0.15, 0.2) is 52.0 Å². The highest BCUT2D eigenvalue weighted by Gasteiger charge is 2.51. The number of amides is 9. The van der Waals surface area contributed by atoms with Gasteiger partial charge in [0.25, 0.3) is 0 Å². The Morgan fingerprint density at radius 2 is 0.750 bits per heavy atom. The summed E-state index contributed by atoms with van der Waals surface area (Å²) >= 11 is 0. The number of H-pyrrole nitrogens is 2. The Kier molecular flexibility index (Phi) is 53.6. The van der Waals surface area contributed by atoms with Gasteiger partial charge in [-0.2, -0.15) is 0 Å². The zero-order valence-electron chi connectivity index (χ0n) is 85.0. The van der Waals surface area contributed by atoms with Crippen molar-refractivity contribution < 1.29 is 121 Å². The van der Waals surface area contributed by atoms with Crippen LogP contribution in [0.25, 0.3) is 0 Å². The summed E-state index contributed by atoms with van der Waals surface area (Å²) < 4.78 is 0. The number of aromatic amines is 2. The second-order valence-corrected chi connectivity index (χ2v) is 39.1. The van der Waals surface area contributed by atoms with E-state index in [1.165, 1.54) is 52.7 Å². The largest absolute Gasteiger partial charge is 0.481 e. The molecule has 0 saturated heterocycles. The number of hydrogen-bond donors (Lipinski definition) is 27. The van der Waals surface area contributed by atoms with Crippen molar-refractivity contribution in [3.05, 3.63) is 108 Å². The van der Waals surface area contributed by atoms with Crippen molar-refractivity contribution in [1.82, 2.24) is 57.2 Å². The van der Waals surface area contributed by atoms with E-state index >= 15 is 33.6 Å². The molecule has 820 valence electrons. The van der Waals surface area contributed by atoms with Crippen LogP contribution in [0.5, 0.6) is 0 Å². The number of carbonyl (C=O) groups is 21. The first-order chi connectivity index (χ1) is 69.5. The highest BCUT2D eigenvalue weighted by Crippen LogP contribution is 2.33. The van der Waals surface area contributed by atoms with E-state index in [2.05, 4.69) is 57.2 Å². The molecule has 2 aromatic carbocycles. The van der Waals surface area contributed by atoms with Gasteiger partial charge >= 0.3 is 17.9 Å². The Morgan fingerprint density at radius 1 is 0.351 bits per heavy atom. The van der Waals surface area contributed by atoms with Gasteiger partial charge in [-0.1, -0.05) is 129 Å². The topological polar surface area (TPSA) is 945 Å². The van der Waals surface area contributed by atoms with E-state index in [0.29, 0.717) is 23.2 Å². The Balaban J connectivity index is 1.70. The third-order valence-corrected chi connectivity index (χ3v) is 26.4. The third kappa shape index (κ3) is 38.9. The first kappa shape index (κ1) is 127. The number of carboxylic acids is 3. The number of carbonyl (C=O) groups excluding carboxylic acids is 18. The maximum Gasteiger partial charge on any atom is 0.326 e. The molecule has 9 unspecified atom stereocenters. The maximum absolute atomic E-state index is 15.8. The monoisotopic (exact) mass is 2080 g/mol. The average Bonchev–Trinajstić information content (AvgIpc) is 0.954. The zero-order chi connectivity index (χ0) is 112. The number of nitrogens with zero attached hydrogens (tertiary/aromatic N) is 2. The molecule has 148 heavy (non-hydrogen) atoms. The Labute approximate surface area is 857 Å². The summed E-state index contributed by atoms with van der Waals surface area (Å²) in [4.78, 5) is 310. The predicted molar refractivity (Wildman–Crippen MR) is 537 cm³/mol. The van der Waals surface area contributed by atoms with Crippen molar-refractivity contribution in [2.75, 3.05) is 26.2 Å². The average molecular weight is 2080 g/mol. The molecule has 0 radical (unpaired) electrons. The van der Waals surface area contributed by atoms with E-state index in [0.717, 1.165) is 6.92 Å². The van der Waals surface area contributed by atoms with Gasteiger partial charge in [-0.05, 0) is 112 Å². The molecule has 50 nitrogen and oxygen atoms in total. The van der Waals surface area contributed by atoms with Crippen LogP contribution in [-0.2, 0) is 126 Å². The van der Waals surface area contributed by atoms with Crippen LogP contribution >= 0.6 is 0 Å². The lowest BCUT2D eigenvalue weighted by atomic mass is 9.70. The van der Waals surface area contributed by atoms with Crippen molar-refractivity contribution >= 4 is 123 Å². The Morgan fingerprint density at radius 3 is 1.17 bits per heavy atom. The van der Waals surface area contributed by atoms with Crippen molar-refractivity contribution in [2.45, 2.75) is 268 Å². The zero-order valence-corrected chi connectivity index (χ0v) is 85.0. The Hall–Kier alpha value is -13.0. The molecule has 0 spiro atoms. The third-order valence-electron chi connectivity index (χ3n) is 26.4. The molecule has 2 heterocycles. The van der Waals surface area contributed by atoms with Crippen LogP contribution < -0.4 is 117 Å². The van der Waals surface area contributed by atoms with Gasteiger partial charge < -0.3 is 148 Å². The van der Waals surface area contributed by atoms with Crippen LogP contribution in [0.1, 0.15) is 168 Å². The van der Waals surface area contributed by atoms with E-state index in [9.17, 15) is 87.5 Å². The highest BCUT2D eigenvalue weighted by atomic mass is 16.4. The smallest absolute Gasteiger partial charge is 0.326 e. The number of rotatable bonds is 74. The molecule has 0 aliphatic rings. The standard InChI is InChI=1S/C98H153N25O25/c1-45(2)32-56(76(107)83(132)54(24-16-18-30-99)74(105)84(133)55(26-28-66(101)125)75(106)87(136)59(35-52-39-113-43-116-52)78(109)88(137)60(36-53-40-114-44-117-53)80(111)91(140)72(103)47(5)6)89(138)81(112)71(46(3)4)90(139)79(110)58(34-51-22-14-11-15-23-51)86(135)77(108)57(33-50-20-12-10-13-21-50)85(134)73(104)49(9)92(141)119-61(27-29-69(128)129)93(142)122-64(38-70(130)131)95(144)123-82(48(7)8)97(146)115-41-68(127)118-65(42-124)96(145)121-63(37-67(102)126)94(143)120-62(98(147)148)25-17-19-31-100/h10-15,20-23,39-40,43-49,54-65,71-82,124H,16-19,24-38,41-42,99-100,103-112H2,1-9H3,(H2,101,125)(H2,102,126)(H,113,116)(H,114,117)(H,115,146)(H,118,127)(H,119,141)(H,120,143)(H,121,145)(H,122,142)(H,123,144)(H,128,129)(H,130,131)(H,147,148)/t49-,54-,55-,56-,57-,58-,59-,60-,61-,62-,63-,64-,65-,71-,72-,73?,74?,75?,76?,77?,78?,79?,80?,81?,82-/m0/s1. The molecule has 0 aliphatic carbocycles. The van der Waals surface area contributed by atoms with Crippen LogP contribution in [0.2, 0.25) is 0 Å². The van der Waals surface area contributed by atoms with Crippen LogP contribution in [0, 0.1) is 76.9 Å². The van der Waals surface area contributed by atoms with E-state index in [-0.39, 0.29) is 76.6 Å². The Bertz CT molecular complexity index is 5130. The predicted octanol–water partition coefficient (Wildman–Crippen LogP) is -6.78. The number of benzene rings is 2. The summed E-state index contributed by atoms with van der Waals surface area (Å²) in [5.74, 6) is -41.8. The number of aliphatic hydroxyl groups is 1. The fraction of sp³-hybridized carbons (Fsp3) is 0.602. The molecule has 0 aliphatic heterocycles. The van der Waals surface area contributed by atoms with E-state index in [1.54, 1.807) is 88.4 Å². The second-order valence-electron chi connectivity index (χ2n) is 39.1. The number of imidazole rings is 2. The first-order valence-corrected chi connectivity index (χ1v) is 49.2. The SMILES string of the molecule is CC(C)C[C@H](C(=O)C(N)[C@@H](C(=O)C(N)[C@H](Cc1ccccc1)C(=O)C(N)[C@H](Cc1ccccc1)C(=O)C(N)[C@H](C)C(=O)N[C@@H](CCC(=O)O)C(=O)N[C@@H](CC(=O)O)C(=O)N[C@H](C(=O)NCC(=O)N[C@@H](CO)C(=O)N[C@@H](CC(N)=O)C(=O)N[C@@H](CCCCN)C(=O)O)C(C)C)C(C)C)C(N)C(=O)[C@@H](CCCCN)C(N)C(=O)[C@@H](CCC(N)=O)C(N)C(=O)[C@@H](Cc1cnc[nH]1)C(N)C(=O)[C@@H](Cc1cnc[nH]1)C(N)C(=O)[C@@H](N)C(C)C. The van der Waals surface area contributed by atoms with Gasteiger partial charge in [-0.25, -0.2) is 14.8 Å². The maximum atomic E-state index is 15.8. The summed E-state index contributed by atoms with van der Waals surface area (Å²) in [5, 5.41) is 55.0. The quantitative estimate of drug-likeness (QED) is 0.0183. The minimum Gasteiger partial charge on any atom is -0.481 e. The van der Waals surface area contributed by atoms with Crippen LogP contribution in [-0.4, -0.2) is 286 Å².